The summed E-state index contributed by atoms with van der Waals surface area (Å²) in [5.74, 6) is 0.922. The highest BCUT2D eigenvalue weighted by molar-refractivity contribution is 9.10. The van der Waals surface area contributed by atoms with E-state index in [4.69, 9.17) is 9.47 Å². The van der Waals surface area contributed by atoms with E-state index >= 15 is 0 Å². The zero-order chi connectivity index (χ0) is 13.7. The third-order valence-corrected chi connectivity index (χ3v) is 3.70. The standard InChI is InChI=1S/C14H20BrNO3/c1-18-9-11(17)8-16-13-3-2-6-19-14-7-10(15)4-5-12(13)14/h4-5,7,11,13,16-17H,2-3,6,8-9H2,1H3. The number of hydrogen-bond acceptors (Lipinski definition) is 4. The van der Waals surface area contributed by atoms with E-state index in [-0.39, 0.29) is 6.04 Å². The number of fused-ring (bicyclic) bond motifs is 1. The van der Waals surface area contributed by atoms with Crippen LogP contribution in [0.3, 0.4) is 0 Å². The summed E-state index contributed by atoms with van der Waals surface area (Å²) in [6, 6.07) is 6.32. The molecule has 0 fully saturated rings. The zero-order valence-electron chi connectivity index (χ0n) is 11.1. The largest absolute Gasteiger partial charge is 0.493 e. The lowest BCUT2D eigenvalue weighted by atomic mass is 10.0. The summed E-state index contributed by atoms with van der Waals surface area (Å²) in [7, 11) is 1.59. The maximum Gasteiger partial charge on any atom is 0.125 e. The molecule has 1 heterocycles. The fourth-order valence-corrected chi connectivity index (χ4v) is 2.63. The molecule has 0 saturated carbocycles. The molecule has 0 bridgehead atoms. The highest BCUT2D eigenvalue weighted by atomic mass is 79.9. The summed E-state index contributed by atoms with van der Waals surface area (Å²) >= 11 is 3.46. The smallest absolute Gasteiger partial charge is 0.125 e. The number of methoxy groups -OCH3 is 1. The van der Waals surface area contributed by atoms with Crippen molar-refractivity contribution in [1.82, 2.24) is 5.32 Å². The van der Waals surface area contributed by atoms with Gasteiger partial charge in [0, 0.05) is 29.7 Å². The van der Waals surface area contributed by atoms with Crippen molar-refractivity contribution in [2.75, 3.05) is 26.9 Å². The van der Waals surface area contributed by atoms with Crippen LogP contribution in [0.5, 0.6) is 5.75 Å². The lowest BCUT2D eigenvalue weighted by Gasteiger charge is -2.20. The quantitative estimate of drug-likeness (QED) is 0.870. The zero-order valence-corrected chi connectivity index (χ0v) is 12.6. The van der Waals surface area contributed by atoms with Gasteiger partial charge in [-0.3, -0.25) is 0 Å². The molecule has 1 aromatic rings. The van der Waals surface area contributed by atoms with Crippen molar-refractivity contribution in [2.45, 2.75) is 25.0 Å². The van der Waals surface area contributed by atoms with Gasteiger partial charge in [0.05, 0.1) is 19.3 Å². The van der Waals surface area contributed by atoms with Gasteiger partial charge in [-0.2, -0.15) is 0 Å². The predicted octanol–water partition coefficient (Wildman–Crippen LogP) is 2.26. The fraction of sp³-hybridized carbons (Fsp3) is 0.571. The minimum Gasteiger partial charge on any atom is -0.493 e. The van der Waals surface area contributed by atoms with Gasteiger partial charge < -0.3 is 19.9 Å². The molecule has 0 saturated heterocycles. The molecule has 2 unspecified atom stereocenters. The number of rotatable bonds is 5. The van der Waals surface area contributed by atoms with Crippen molar-refractivity contribution < 1.29 is 14.6 Å². The van der Waals surface area contributed by atoms with Crippen LogP contribution in [-0.4, -0.2) is 38.1 Å². The third-order valence-electron chi connectivity index (χ3n) is 3.20. The first kappa shape index (κ1) is 14.8. The van der Waals surface area contributed by atoms with Crippen LogP contribution < -0.4 is 10.1 Å². The predicted molar refractivity (Wildman–Crippen MR) is 77.5 cm³/mol. The summed E-state index contributed by atoms with van der Waals surface area (Å²) in [6.07, 6.45) is 1.53. The first-order valence-electron chi connectivity index (χ1n) is 6.53. The van der Waals surface area contributed by atoms with Crippen LogP contribution in [0.4, 0.5) is 0 Å². The highest BCUT2D eigenvalue weighted by Crippen LogP contribution is 2.33. The number of benzene rings is 1. The van der Waals surface area contributed by atoms with E-state index < -0.39 is 6.10 Å². The van der Waals surface area contributed by atoms with Gasteiger partial charge in [0.1, 0.15) is 5.75 Å². The Kier molecular flexibility index (Phi) is 5.63. The van der Waals surface area contributed by atoms with Gasteiger partial charge in [0.15, 0.2) is 0 Å². The molecular weight excluding hydrogens is 310 g/mol. The minimum absolute atomic E-state index is 0.220. The molecule has 0 radical (unpaired) electrons. The average molecular weight is 330 g/mol. The van der Waals surface area contributed by atoms with Crippen molar-refractivity contribution in [3.8, 4) is 5.75 Å². The number of ether oxygens (including phenoxy) is 2. The Morgan fingerprint density at radius 1 is 1.58 bits per heavy atom. The molecule has 1 aromatic carbocycles. The van der Waals surface area contributed by atoms with Crippen LogP contribution in [0.2, 0.25) is 0 Å². The molecular formula is C14H20BrNO3. The van der Waals surface area contributed by atoms with E-state index in [1.165, 1.54) is 0 Å². The molecule has 4 nitrogen and oxygen atoms in total. The van der Waals surface area contributed by atoms with Gasteiger partial charge in [0.25, 0.3) is 0 Å². The molecule has 5 heteroatoms. The highest BCUT2D eigenvalue weighted by Gasteiger charge is 2.20. The van der Waals surface area contributed by atoms with Gasteiger partial charge in [-0.1, -0.05) is 22.0 Å². The summed E-state index contributed by atoms with van der Waals surface area (Å²) in [5, 5.41) is 13.1. The van der Waals surface area contributed by atoms with Crippen LogP contribution in [0, 0.1) is 0 Å². The summed E-state index contributed by atoms with van der Waals surface area (Å²) in [4.78, 5) is 0. The number of aliphatic hydroxyl groups excluding tert-OH is 1. The van der Waals surface area contributed by atoms with E-state index in [0.29, 0.717) is 13.2 Å². The topological polar surface area (TPSA) is 50.7 Å². The maximum absolute atomic E-state index is 9.72. The van der Waals surface area contributed by atoms with Crippen LogP contribution in [0.25, 0.3) is 0 Å². The van der Waals surface area contributed by atoms with Gasteiger partial charge in [-0.15, -0.1) is 0 Å². The van der Waals surface area contributed by atoms with Crippen molar-refractivity contribution in [2.24, 2.45) is 0 Å². The number of aliphatic hydroxyl groups is 1. The van der Waals surface area contributed by atoms with Crippen molar-refractivity contribution in [3.63, 3.8) is 0 Å². The summed E-state index contributed by atoms with van der Waals surface area (Å²) in [6.45, 7) is 1.61. The Balaban J connectivity index is 2.05. The normalized spacial score (nSPS) is 20.3. The number of nitrogens with one attached hydrogen (secondary N) is 1. The minimum atomic E-state index is -0.479. The van der Waals surface area contributed by atoms with Crippen LogP contribution in [0.15, 0.2) is 22.7 Å². The molecule has 2 rings (SSSR count). The van der Waals surface area contributed by atoms with E-state index in [1.807, 2.05) is 12.1 Å². The molecule has 0 aromatic heterocycles. The molecule has 106 valence electrons. The lowest BCUT2D eigenvalue weighted by molar-refractivity contribution is 0.0625. The first-order valence-corrected chi connectivity index (χ1v) is 7.32. The van der Waals surface area contributed by atoms with Gasteiger partial charge in [-0.05, 0) is 25.0 Å². The Morgan fingerprint density at radius 2 is 2.42 bits per heavy atom. The molecule has 1 aliphatic rings. The van der Waals surface area contributed by atoms with E-state index in [2.05, 4.69) is 27.3 Å². The fourth-order valence-electron chi connectivity index (χ4n) is 2.29. The van der Waals surface area contributed by atoms with Gasteiger partial charge in [0.2, 0.25) is 0 Å². The number of halogens is 1. The SMILES string of the molecule is COCC(O)CNC1CCCOc2cc(Br)ccc21. The molecule has 0 spiro atoms. The first-order chi connectivity index (χ1) is 9.20. The van der Waals surface area contributed by atoms with E-state index in [9.17, 15) is 5.11 Å². The van der Waals surface area contributed by atoms with Gasteiger partial charge >= 0.3 is 0 Å². The summed E-state index contributed by atoms with van der Waals surface area (Å²) in [5.41, 5.74) is 1.16. The molecule has 0 amide bonds. The molecule has 0 aliphatic carbocycles. The summed E-state index contributed by atoms with van der Waals surface area (Å²) < 4.78 is 11.7. The molecule has 2 N–H and O–H groups in total. The van der Waals surface area contributed by atoms with Crippen molar-refractivity contribution in [1.29, 1.82) is 0 Å². The van der Waals surface area contributed by atoms with Crippen LogP contribution >= 0.6 is 15.9 Å². The maximum atomic E-state index is 9.72. The second kappa shape index (κ2) is 7.24. The Bertz CT molecular complexity index is 414. The van der Waals surface area contributed by atoms with Crippen molar-refractivity contribution >= 4 is 15.9 Å². The van der Waals surface area contributed by atoms with Crippen LogP contribution in [-0.2, 0) is 4.74 Å². The Hall–Kier alpha value is -0.620. The monoisotopic (exact) mass is 329 g/mol. The third kappa shape index (κ3) is 4.18. The second-order valence-electron chi connectivity index (χ2n) is 4.74. The molecule has 2 atom stereocenters. The Labute approximate surface area is 122 Å². The van der Waals surface area contributed by atoms with E-state index in [1.54, 1.807) is 7.11 Å². The van der Waals surface area contributed by atoms with Crippen molar-refractivity contribution in [3.05, 3.63) is 28.2 Å². The average Bonchev–Trinajstić information content (AvgIpc) is 2.58. The van der Waals surface area contributed by atoms with E-state index in [0.717, 1.165) is 35.2 Å². The molecule has 1 aliphatic heterocycles. The van der Waals surface area contributed by atoms with Crippen LogP contribution in [0.1, 0.15) is 24.4 Å². The lowest BCUT2D eigenvalue weighted by Crippen LogP contribution is -2.32. The molecule has 19 heavy (non-hydrogen) atoms. The second-order valence-corrected chi connectivity index (χ2v) is 5.66. The van der Waals surface area contributed by atoms with Gasteiger partial charge in [-0.25, -0.2) is 0 Å². The number of hydrogen-bond donors (Lipinski definition) is 2. The Morgan fingerprint density at radius 3 is 3.21 bits per heavy atom.